The molecule has 0 N–H and O–H groups in total. The summed E-state index contributed by atoms with van der Waals surface area (Å²) in [6.07, 6.45) is 1.60. The number of fused-ring (bicyclic) bond motifs is 1. The maximum Gasteiger partial charge on any atom is 0.338 e. The van der Waals surface area contributed by atoms with Gasteiger partial charge in [-0.05, 0) is 31.9 Å². The number of carbonyl (C=O) groups is 2. The number of aromatic nitrogens is 1. The van der Waals surface area contributed by atoms with E-state index in [1.165, 1.54) is 18.4 Å². The fraction of sp³-hybridized carbons (Fsp3) is 0.389. The fourth-order valence-electron chi connectivity index (χ4n) is 2.85. The van der Waals surface area contributed by atoms with Crippen molar-refractivity contribution in [2.24, 2.45) is 0 Å². The van der Waals surface area contributed by atoms with Gasteiger partial charge < -0.3 is 14.4 Å². The van der Waals surface area contributed by atoms with E-state index in [0.717, 1.165) is 29.1 Å². The van der Waals surface area contributed by atoms with Gasteiger partial charge in [0.25, 0.3) is 5.91 Å². The molecule has 1 aliphatic heterocycles. The van der Waals surface area contributed by atoms with Gasteiger partial charge in [-0.1, -0.05) is 0 Å². The predicted octanol–water partition coefficient (Wildman–Crippen LogP) is 2.84. The molecule has 0 saturated carbocycles. The molecule has 0 unspecified atom stereocenters. The van der Waals surface area contributed by atoms with E-state index >= 15 is 0 Å². The molecule has 1 aromatic heterocycles. The summed E-state index contributed by atoms with van der Waals surface area (Å²) in [7, 11) is 3.06. The van der Waals surface area contributed by atoms with E-state index in [1.54, 1.807) is 24.1 Å². The van der Waals surface area contributed by atoms with Crippen LogP contribution >= 0.6 is 11.3 Å². The molecule has 0 radical (unpaired) electrons. The monoisotopic (exact) mass is 360 g/mol. The minimum absolute atomic E-state index is 0.152. The second-order valence-corrected chi connectivity index (χ2v) is 6.93. The molecule has 6 nitrogen and oxygen atoms in total. The molecule has 0 bridgehead atoms. The third-order valence-corrected chi connectivity index (χ3v) is 5.03. The first-order valence-corrected chi connectivity index (χ1v) is 8.92. The zero-order valence-electron chi connectivity index (χ0n) is 14.5. The number of methoxy groups -OCH3 is 1. The van der Waals surface area contributed by atoms with Crippen LogP contribution in [0.5, 0.6) is 5.75 Å². The average molecular weight is 360 g/mol. The van der Waals surface area contributed by atoms with Crippen LogP contribution in [-0.2, 0) is 17.7 Å². The molecule has 25 heavy (non-hydrogen) atoms. The molecule has 7 heteroatoms. The van der Waals surface area contributed by atoms with Gasteiger partial charge in [0.2, 0.25) is 0 Å². The quantitative estimate of drug-likeness (QED) is 0.784. The number of ether oxygens (including phenoxy) is 2. The Bertz CT molecular complexity index is 815. The van der Waals surface area contributed by atoms with E-state index in [2.05, 4.69) is 4.98 Å². The van der Waals surface area contributed by atoms with E-state index in [0.29, 0.717) is 30.0 Å². The molecule has 3 rings (SSSR count). The molecule has 1 aliphatic rings. The van der Waals surface area contributed by atoms with E-state index in [9.17, 15) is 9.59 Å². The van der Waals surface area contributed by atoms with Crippen LogP contribution in [0.4, 0.5) is 0 Å². The Kier molecular flexibility index (Phi) is 5.03. The van der Waals surface area contributed by atoms with Gasteiger partial charge in [-0.25, -0.2) is 9.78 Å². The second-order valence-electron chi connectivity index (χ2n) is 5.99. The average Bonchev–Trinajstić information content (AvgIpc) is 3.04. The summed E-state index contributed by atoms with van der Waals surface area (Å²) < 4.78 is 10.5. The standard InChI is InChI=1S/C18H20N2O4S/c1-11-10-25-16(19-11)9-20(2)17(21)14-7-12(18(22)23-3)8-15-13(14)5-4-6-24-15/h7-8,10H,4-6,9H2,1-3H3. The third kappa shape index (κ3) is 3.66. The molecule has 2 aromatic rings. The van der Waals surface area contributed by atoms with E-state index in [4.69, 9.17) is 9.47 Å². The first-order valence-electron chi connectivity index (χ1n) is 8.04. The molecule has 2 heterocycles. The van der Waals surface area contributed by atoms with Gasteiger partial charge in [0.05, 0.1) is 25.8 Å². The molecule has 132 valence electrons. The van der Waals surface area contributed by atoms with Gasteiger partial charge in [-0.2, -0.15) is 0 Å². The summed E-state index contributed by atoms with van der Waals surface area (Å²) >= 11 is 1.53. The van der Waals surface area contributed by atoms with Gasteiger partial charge in [0.1, 0.15) is 10.8 Å². The van der Waals surface area contributed by atoms with Crippen molar-refractivity contribution < 1.29 is 19.1 Å². The number of esters is 1. The van der Waals surface area contributed by atoms with Crippen LogP contribution < -0.4 is 4.74 Å². The highest BCUT2D eigenvalue weighted by atomic mass is 32.1. The summed E-state index contributed by atoms with van der Waals surface area (Å²) in [5, 5.41) is 2.84. The Labute approximate surface area is 150 Å². The predicted molar refractivity (Wildman–Crippen MR) is 94.2 cm³/mol. The normalized spacial score (nSPS) is 12.9. The molecule has 0 aliphatic carbocycles. The van der Waals surface area contributed by atoms with Crippen LogP contribution in [0.1, 0.15) is 43.4 Å². The van der Waals surface area contributed by atoms with Crippen molar-refractivity contribution in [2.75, 3.05) is 20.8 Å². The summed E-state index contributed by atoms with van der Waals surface area (Å²) in [6, 6.07) is 3.26. The Hall–Kier alpha value is -2.41. The first-order chi connectivity index (χ1) is 12.0. The molecule has 0 atom stereocenters. The first kappa shape index (κ1) is 17.4. The van der Waals surface area contributed by atoms with Gasteiger partial charge in [0.15, 0.2) is 0 Å². The highest BCUT2D eigenvalue weighted by molar-refractivity contribution is 7.09. The topological polar surface area (TPSA) is 68.7 Å². The number of amides is 1. The van der Waals surface area contributed by atoms with Crippen LogP contribution in [-0.4, -0.2) is 42.5 Å². The van der Waals surface area contributed by atoms with Gasteiger partial charge in [-0.15, -0.1) is 11.3 Å². The Morgan fingerprint density at radius 2 is 2.20 bits per heavy atom. The maximum absolute atomic E-state index is 13.0. The number of rotatable bonds is 4. The lowest BCUT2D eigenvalue weighted by molar-refractivity contribution is 0.0600. The van der Waals surface area contributed by atoms with Crippen molar-refractivity contribution in [1.82, 2.24) is 9.88 Å². The smallest absolute Gasteiger partial charge is 0.338 e. The Morgan fingerprint density at radius 1 is 1.40 bits per heavy atom. The third-order valence-electron chi connectivity index (χ3n) is 4.07. The van der Waals surface area contributed by atoms with Gasteiger partial charge in [-0.3, -0.25) is 4.79 Å². The lowest BCUT2D eigenvalue weighted by Gasteiger charge is -2.23. The highest BCUT2D eigenvalue weighted by Crippen LogP contribution is 2.31. The van der Waals surface area contributed by atoms with Gasteiger partial charge in [0, 0.05) is 29.2 Å². The number of nitrogens with zero attached hydrogens (tertiary/aromatic N) is 2. The molecule has 1 aromatic carbocycles. The van der Waals surface area contributed by atoms with Crippen molar-refractivity contribution in [3.05, 3.63) is 44.9 Å². The highest BCUT2D eigenvalue weighted by Gasteiger charge is 2.25. The largest absolute Gasteiger partial charge is 0.493 e. The van der Waals surface area contributed by atoms with E-state index in [1.807, 2.05) is 12.3 Å². The number of hydrogen-bond donors (Lipinski definition) is 0. The SMILES string of the molecule is COC(=O)c1cc2c(c(C(=O)N(C)Cc3nc(C)cs3)c1)CCCO2. The maximum atomic E-state index is 13.0. The Morgan fingerprint density at radius 3 is 2.88 bits per heavy atom. The van der Waals surface area contributed by atoms with Crippen LogP contribution in [0.25, 0.3) is 0 Å². The van der Waals surface area contributed by atoms with Crippen molar-refractivity contribution in [2.45, 2.75) is 26.3 Å². The van der Waals surface area contributed by atoms with Crippen LogP contribution in [0, 0.1) is 6.92 Å². The molecule has 1 amide bonds. The molecule has 0 saturated heterocycles. The minimum Gasteiger partial charge on any atom is -0.493 e. The van der Waals surface area contributed by atoms with Crippen molar-refractivity contribution in [1.29, 1.82) is 0 Å². The van der Waals surface area contributed by atoms with Crippen LogP contribution in [0.3, 0.4) is 0 Å². The molecule has 0 fully saturated rings. The summed E-state index contributed by atoms with van der Waals surface area (Å²) in [4.78, 5) is 30.9. The lowest BCUT2D eigenvalue weighted by atomic mass is 9.96. The number of carbonyl (C=O) groups excluding carboxylic acids is 2. The summed E-state index contributed by atoms with van der Waals surface area (Å²) in [6.45, 7) is 2.93. The van der Waals surface area contributed by atoms with Crippen LogP contribution in [0.15, 0.2) is 17.5 Å². The number of thiazole rings is 1. The second kappa shape index (κ2) is 7.23. The minimum atomic E-state index is -0.482. The number of benzene rings is 1. The molecule has 0 spiro atoms. The van der Waals surface area contributed by atoms with Crippen LogP contribution in [0.2, 0.25) is 0 Å². The Balaban J connectivity index is 1.93. The molecular weight excluding hydrogens is 340 g/mol. The molecular formula is C18H20N2O4S. The number of hydrogen-bond acceptors (Lipinski definition) is 6. The number of aryl methyl sites for hydroxylation is 1. The summed E-state index contributed by atoms with van der Waals surface area (Å²) in [5.41, 5.74) is 2.61. The van der Waals surface area contributed by atoms with E-state index in [-0.39, 0.29) is 5.91 Å². The van der Waals surface area contributed by atoms with E-state index < -0.39 is 5.97 Å². The fourth-order valence-corrected chi connectivity index (χ4v) is 3.67. The van der Waals surface area contributed by atoms with Crippen molar-refractivity contribution in [3.8, 4) is 5.75 Å². The van der Waals surface area contributed by atoms with Gasteiger partial charge >= 0.3 is 5.97 Å². The van der Waals surface area contributed by atoms with Crippen molar-refractivity contribution in [3.63, 3.8) is 0 Å². The van der Waals surface area contributed by atoms with Crippen molar-refractivity contribution >= 4 is 23.2 Å². The zero-order valence-corrected chi connectivity index (χ0v) is 15.3. The zero-order chi connectivity index (χ0) is 18.0. The lowest BCUT2D eigenvalue weighted by Crippen LogP contribution is -2.28. The summed E-state index contributed by atoms with van der Waals surface area (Å²) in [5.74, 6) is -0.0411.